The van der Waals surface area contributed by atoms with Gasteiger partial charge in [0.2, 0.25) is 0 Å². The number of benzene rings is 1. The lowest BCUT2D eigenvalue weighted by atomic mass is 10.1. The van der Waals surface area contributed by atoms with Crippen molar-refractivity contribution in [1.82, 2.24) is 0 Å². The lowest BCUT2D eigenvalue weighted by Crippen LogP contribution is -1.78. The van der Waals surface area contributed by atoms with Gasteiger partial charge in [-0.25, -0.2) is 0 Å². The molecular weight excluding hydrogens is 212 g/mol. The maximum absolute atomic E-state index is 3.42. The van der Waals surface area contributed by atoms with Crippen LogP contribution in [0.25, 0.3) is 6.08 Å². The highest BCUT2D eigenvalue weighted by Gasteiger charge is 1.88. The van der Waals surface area contributed by atoms with E-state index >= 15 is 0 Å². The van der Waals surface area contributed by atoms with E-state index in [-0.39, 0.29) is 0 Å². The Balaban J connectivity index is 2.84. The highest BCUT2D eigenvalue weighted by Crippen LogP contribution is 2.09. The number of alkyl halides is 1. The minimum atomic E-state index is 0.945. The summed E-state index contributed by atoms with van der Waals surface area (Å²) in [5.74, 6) is 0. The predicted molar refractivity (Wildman–Crippen MR) is 58.6 cm³/mol. The van der Waals surface area contributed by atoms with Gasteiger partial charge in [-0.1, -0.05) is 57.4 Å². The van der Waals surface area contributed by atoms with Crippen molar-refractivity contribution < 1.29 is 0 Å². The molecular formula is C11H13Br. The van der Waals surface area contributed by atoms with Gasteiger partial charge in [-0.2, -0.15) is 0 Å². The number of rotatable bonds is 2. The molecule has 1 rings (SSSR count). The first-order valence-corrected chi connectivity index (χ1v) is 5.14. The maximum atomic E-state index is 3.42. The molecule has 0 amide bonds. The first-order chi connectivity index (χ1) is 5.72. The molecule has 1 heteroatoms. The normalized spacial score (nSPS) is 11.8. The van der Waals surface area contributed by atoms with Crippen LogP contribution < -0.4 is 0 Å². The van der Waals surface area contributed by atoms with Crippen LogP contribution in [0.3, 0.4) is 0 Å². The smallest absolute Gasteiger partial charge is 0.0242 e. The molecule has 0 aliphatic rings. The van der Waals surface area contributed by atoms with Crippen molar-refractivity contribution in [3.05, 3.63) is 41.0 Å². The number of hydrogen-bond acceptors (Lipinski definition) is 0. The summed E-state index contributed by atoms with van der Waals surface area (Å²) in [7, 11) is 0. The largest absolute Gasteiger partial charge is 0.0880 e. The zero-order chi connectivity index (χ0) is 8.97. The maximum Gasteiger partial charge on any atom is 0.0242 e. The van der Waals surface area contributed by atoms with Crippen molar-refractivity contribution in [2.45, 2.75) is 13.8 Å². The zero-order valence-electron chi connectivity index (χ0n) is 7.47. The van der Waals surface area contributed by atoms with Gasteiger partial charge in [-0.3, -0.25) is 0 Å². The van der Waals surface area contributed by atoms with E-state index in [2.05, 4.69) is 60.1 Å². The van der Waals surface area contributed by atoms with Crippen molar-refractivity contribution in [3.8, 4) is 0 Å². The van der Waals surface area contributed by atoms with Crippen LogP contribution in [0.1, 0.15) is 18.1 Å². The Morgan fingerprint density at radius 2 is 1.92 bits per heavy atom. The Morgan fingerprint density at radius 1 is 1.33 bits per heavy atom. The van der Waals surface area contributed by atoms with E-state index in [4.69, 9.17) is 0 Å². The van der Waals surface area contributed by atoms with Crippen molar-refractivity contribution in [2.75, 3.05) is 5.33 Å². The Kier molecular flexibility index (Phi) is 3.54. The molecule has 0 heterocycles. The van der Waals surface area contributed by atoms with Crippen LogP contribution >= 0.6 is 15.9 Å². The molecule has 1 aromatic rings. The summed E-state index contributed by atoms with van der Waals surface area (Å²) >= 11 is 3.42. The van der Waals surface area contributed by atoms with Crippen LogP contribution in [0.15, 0.2) is 29.8 Å². The lowest BCUT2D eigenvalue weighted by Gasteiger charge is -1.96. The van der Waals surface area contributed by atoms with Crippen LogP contribution in [0.2, 0.25) is 0 Å². The van der Waals surface area contributed by atoms with Gasteiger partial charge in [-0.05, 0) is 19.4 Å². The number of hydrogen-bond donors (Lipinski definition) is 0. The molecule has 0 aromatic heterocycles. The molecule has 0 saturated heterocycles. The van der Waals surface area contributed by atoms with Gasteiger partial charge in [0, 0.05) is 5.33 Å². The van der Waals surface area contributed by atoms with Crippen LogP contribution in [-0.2, 0) is 0 Å². The summed E-state index contributed by atoms with van der Waals surface area (Å²) in [6, 6.07) is 8.55. The molecule has 0 aliphatic carbocycles. The third-order valence-corrected chi connectivity index (χ3v) is 2.59. The molecule has 64 valence electrons. The summed E-state index contributed by atoms with van der Waals surface area (Å²) in [6.07, 6.45) is 2.19. The van der Waals surface area contributed by atoms with Gasteiger partial charge < -0.3 is 0 Å². The highest BCUT2D eigenvalue weighted by molar-refractivity contribution is 9.09. The quantitative estimate of drug-likeness (QED) is 0.671. The van der Waals surface area contributed by atoms with Crippen molar-refractivity contribution in [1.29, 1.82) is 0 Å². The van der Waals surface area contributed by atoms with Crippen molar-refractivity contribution in [3.63, 3.8) is 0 Å². The average Bonchev–Trinajstić information content (AvgIpc) is 2.09. The fourth-order valence-electron chi connectivity index (χ4n) is 0.986. The van der Waals surface area contributed by atoms with Gasteiger partial charge in [0.05, 0.1) is 0 Å². The first kappa shape index (κ1) is 9.53. The molecule has 1 aromatic carbocycles. The Bertz CT molecular complexity index is 270. The van der Waals surface area contributed by atoms with Gasteiger partial charge >= 0.3 is 0 Å². The molecule has 0 nitrogen and oxygen atoms in total. The molecule has 12 heavy (non-hydrogen) atoms. The second-order valence-electron chi connectivity index (χ2n) is 3.04. The third kappa shape index (κ3) is 2.82. The van der Waals surface area contributed by atoms with E-state index < -0.39 is 0 Å². The predicted octanol–water partition coefficient (Wildman–Crippen LogP) is 3.79. The molecule has 0 radical (unpaired) electrons. The molecule has 0 bridgehead atoms. The first-order valence-electron chi connectivity index (χ1n) is 4.02. The zero-order valence-corrected chi connectivity index (χ0v) is 9.06. The summed E-state index contributed by atoms with van der Waals surface area (Å²) in [6.45, 7) is 4.22. The summed E-state index contributed by atoms with van der Waals surface area (Å²) in [5, 5.41) is 0.945. The van der Waals surface area contributed by atoms with E-state index in [1.165, 1.54) is 16.7 Å². The molecule has 0 saturated carbocycles. The average molecular weight is 225 g/mol. The van der Waals surface area contributed by atoms with E-state index in [9.17, 15) is 0 Å². The van der Waals surface area contributed by atoms with Gasteiger partial charge in [0.25, 0.3) is 0 Å². The van der Waals surface area contributed by atoms with Crippen molar-refractivity contribution >= 4 is 22.0 Å². The van der Waals surface area contributed by atoms with E-state index in [1.54, 1.807) is 0 Å². The summed E-state index contributed by atoms with van der Waals surface area (Å²) in [4.78, 5) is 0. The molecule has 0 atom stereocenters. The minimum Gasteiger partial charge on any atom is -0.0880 e. The SMILES string of the molecule is CC(=Cc1ccc(C)cc1)CBr. The molecule has 0 N–H and O–H groups in total. The van der Waals surface area contributed by atoms with Crippen molar-refractivity contribution in [2.24, 2.45) is 0 Å². The summed E-state index contributed by atoms with van der Waals surface area (Å²) in [5.41, 5.74) is 3.93. The summed E-state index contributed by atoms with van der Waals surface area (Å²) < 4.78 is 0. The fourth-order valence-corrected chi connectivity index (χ4v) is 1.15. The lowest BCUT2D eigenvalue weighted by molar-refractivity contribution is 1.43. The highest BCUT2D eigenvalue weighted by atomic mass is 79.9. The Morgan fingerprint density at radius 3 is 2.42 bits per heavy atom. The molecule has 0 unspecified atom stereocenters. The van der Waals surface area contributed by atoms with E-state index in [0.717, 1.165) is 5.33 Å². The van der Waals surface area contributed by atoms with Gasteiger partial charge in [0.15, 0.2) is 0 Å². The fraction of sp³-hybridized carbons (Fsp3) is 0.273. The van der Waals surface area contributed by atoms with Crippen LogP contribution in [0, 0.1) is 6.92 Å². The third-order valence-electron chi connectivity index (χ3n) is 1.70. The van der Waals surface area contributed by atoms with Gasteiger partial charge in [0.1, 0.15) is 0 Å². The Hall–Kier alpha value is -0.560. The monoisotopic (exact) mass is 224 g/mol. The number of aryl methyl sites for hydroxylation is 1. The van der Waals surface area contributed by atoms with Crippen LogP contribution in [0.4, 0.5) is 0 Å². The van der Waals surface area contributed by atoms with E-state index in [1.807, 2.05) is 0 Å². The van der Waals surface area contributed by atoms with E-state index in [0.29, 0.717) is 0 Å². The second kappa shape index (κ2) is 4.46. The second-order valence-corrected chi connectivity index (χ2v) is 3.60. The molecule has 0 spiro atoms. The molecule has 0 fully saturated rings. The van der Waals surface area contributed by atoms with Crippen LogP contribution in [-0.4, -0.2) is 5.33 Å². The van der Waals surface area contributed by atoms with Gasteiger partial charge in [-0.15, -0.1) is 0 Å². The minimum absolute atomic E-state index is 0.945. The Labute approximate surface area is 82.4 Å². The number of halogens is 1. The molecule has 0 aliphatic heterocycles. The van der Waals surface area contributed by atoms with Crippen LogP contribution in [0.5, 0.6) is 0 Å². The topological polar surface area (TPSA) is 0 Å². The number of allylic oxidation sites excluding steroid dienone is 1. The standard InChI is InChI=1S/C11H13Br/c1-9-3-5-11(6-4-9)7-10(2)8-12/h3-7H,8H2,1-2H3.